The van der Waals surface area contributed by atoms with E-state index in [1.807, 2.05) is 5.43 Å². The number of amides is 1. The van der Waals surface area contributed by atoms with Gasteiger partial charge in [-0.3, -0.25) is 19.7 Å². The second-order valence-corrected chi connectivity index (χ2v) is 3.25. The predicted octanol–water partition coefficient (Wildman–Crippen LogP) is -0.614. The van der Waals surface area contributed by atoms with E-state index in [-0.39, 0.29) is 17.9 Å². The highest BCUT2D eigenvalue weighted by Crippen LogP contribution is 2.07. The standard InChI is InChI=1S/C10H10N4O2/c11-13-10(16)6-14-8-4-2-1-3-7(8)9(15)5-12-14/h1-5H,6,11H2,(H,13,16). The van der Waals surface area contributed by atoms with Crippen LogP contribution in [0.4, 0.5) is 0 Å². The predicted molar refractivity (Wildman–Crippen MR) is 58.3 cm³/mol. The maximum atomic E-state index is 11.5. The van der Waals surface area contributed by atoms with Gasteiger partial charge in [0.2, 0.25) is 5.43 Å². The fourth-order valence-electron chi connectivity index (χ4n) is 1.47. The molecule has 82 valence electrons. The lowest BCUT2D eigenvalue weighted by atomic mass is 10.2. The number of hydrogen-bond donors (Lipinski definition) is 2. The third kappa shape index (κ3) is 1.78. The number of fused-ring (bicyclic) bond motifs is 1. The minimum atomic E-state index is -0.374. The van der Waals surface area contributed by atoms with Crippen LogP contribution in [0.3, 0.4) is 0 Å². The molecule has 0 fully saturated rings. The molecule has 1 aromatic carbocycles. The summed E-state index contributed by atoms with van der Waals surface area (Å²) in [5.41, 5.74) is 2.46. The molecule has 0 unspecified atom stereocenters. The van der Waals surface area contributed by atoms with Gasteiger partial charge in [0.15, 0.2) is 0 Å². The quantitative estimate of drug-likeness (QED) is 0.399. The van der Waals surface area contributed by atoms with Gasteiger partial charge in [0.25, 0.3) is 5.91 Å². The fraction of sp³-hybridized carbons (Fsp3) is 0.100. The Labute approximate surface area is 90.6 Å². The Kier molecular flexibility index (Phi) is 2.65. The number of nitrogens with two attached hydrogens (primary N) is 1. The number of nitrogens with zero attached hydrogens (tertiary/aromatic N) is 2. The number of carbonyl (C=O) groups is 1. The lowest BCUT2D eigenvalue weighted by Crippen LogP contribution is -2.34. The van der Waals surface area contributed by atoms with Crippen LogP contribution in [0.1, 0.15) is 0 Å². The molecule has 2 rings (SSSR count). The Morgan fingerprint density at radius 1 is 1.44 bits per heavy atom. The molecular formula is C10H10N4O2. The summed E-state index contributed by atoms with van der Waals surface area (Å²) >= 11 is 0. The van der Waals surface area contributed by atoms with Gasteiger partial charge in [0, 0.05) is 5.39 Å². The number of benzene rings is 1. The summed E-state index contributed by atoms with van der Waals surface area (Å²) in [5.74, 6) is 4.62. The van der Waals surface area contributed by atoms with Crippen LogP contribution in [0, 0.1) is 0 Å². The molecule has 1 amide bonds. The van der Waals surface area contributed by atoms with Crippen LogP contribution in [0.5, 0.6) is 0 Å². The molecule has 3 N–H and O–H groups in total. The summed E-state index contributed by atoms with van der Waals surface area (Å²) < 4.78 is 1.43. The van der Waals surface area contributed by atoms with E-state index in [2.05, 4.69) is 5.10 Å². The highest BCUT2D eigenvalue weighted by molar-refractivity contribution is 5.81. The van der Waals surface area contributed by atoms with Crippen molar-refractivity contribution >= 4 is 16.8 Å². The fourth-order valence-corrected chi connectivity index (χ4v) is 1.47. The second-order valence-electron chi connectivity index (χ2n) is 3.25. The van der Waals surface area contributed by atoms with Gasteiger partial charge in [-0.2, -0.15) is 5.10 Å². The van der Waals surface area contributed by atoms with Crippen molar-refractivity contribution in [3.63, 3.8) is 0 Å². The molecule has 1 aromatic heterocycles. The molecule has 0 aliphatic carbocycles. The minimum Gasteiger partial charge on any atom is -0.293 e. The van der Waals surface area contributed by atoms with Gasteiger partial charge in [-0.05, 0) is 12.1 Å². The summed E-state index contributed by atoms with van der Waals surface area (Å²) in [5, 5.41) is 4.41. The van der Waals surface area contributed by atoms with Gasteiger partial charge in [0.1, 0.15) is 6.54 Å². The summed E-state index contributed by atoms with van der Waals surface area (Å²) in [6, 6.07) is 6.96. The molecule has 6 heteroatoms. The molecular weight excluding hydrogens is 208 g/mol. The van der Waals surface area contributed by atoms with E-state index in [1.54, 1.807) is 24.3 Å². The van der Waals surface area contributed by atoms with Gasteiger partial charge in [-0.25, -0.2) is 5.84 Å². The molecule has 2 aromatic rings. The van der Waals surface area contributed by atoms with Crippen LogP contribution < -0.4 is 16.7 Å². The average Bonchev–Trinajstić information content (AvgIpc) is 2.33. The monoisotopic (exact) mass is 218 g/mol. The van der Waals surface area contributed by atoms with Crippen LogP contribution in [0.25, 0.3) is 10.9 Å². The van der Waals surface area contributed by atoms with Gasteiger partial charge in [0.05, 0.1) is 11.7 Å². The van der Waals surface area contributed by atoms with E-state index < -0.39 is 0 Å². The molecule has 0 saturated heterocycles. The van der Waals surface area contributed by atoms with Crippen molar-refractivity contribution in [1.82, 2.24) is 15.2 Å². The number of aromatic nitrogens is 2. The van der Waals surface area contributed by atoms with Crippen molar-refractivity contribution < 1.29 is 4.79 Å². The molecule has 1 heterocycles. The third-order valence-electron chi connectivity index (χ3n) is 2.22. The van der Waals surface area contributed by atoms with Crippen molar-refractivity contribution in [2.24, 2.45) is 5.84 Å². The largest absolute Gasteiger partial charge is 0.293 e. The van der Waals surface area contributed by atoms with Gasteiger partial charge in [-0.1, -0.05) is 12.1 Å². The molecule has 0 aliphatic rings. The van der Waals surface area contributed by atoms with E-state index in [1.165, 1.54) is 10.9 Å². The Balaban J connectivity index is 2.59. The Morgan fingerprint density at radius 2 is 2.19 bits per heavy atom. The summed E-state index contributed by atoms with van der Waals surface area (Å²) in [6.45, 7) is -0.0166. The Morgan fingerprint density at radius 3 is 2.94 bits per heavy atom. The van der Waals surface area contributed by atoms with Crippen LogP contribution in [0.15, 0.2) is 35.3 Å². The van der Waals surface area contributed by atoms with Gasteiger partial charge >= 0.3 is 0 Å². The molecule has 0 atom stereocenters. The number of carbonyl (C=O) groups excluding carboxylic acids is 1. The van der Waals surface area contributed by atoms with Crippen LogP contribution in [-0.2, 0) is 11.3 Å². The zero-order chi connectivity index (χ0) is 11.5. The first-order chi connectivity index (χ1) is 7.72. The van der Waals surface area contributed by atoms with E-state index in [4.69, 9.17) is 5.84 Å². The first-order valence-corrected chi connectivity index (χ1v) is 4.66. The first-order valence-electron chi connectivity index (χ1n) is 4.66. The van der Waals surface area contributed by atoms with E-state index in [9.17, 15) is 9.59 Å². The van der Waals surface area contributed by atoms with E-state index in [0.29, 0.717) is 10.9 Å². The van der Waals surface area contributed by atoms with Crippen molar-refractivity contribution in [3.05, 3.63) is 40.7 Å². The zero-order valence-electron chi connectivity index (χ0n) is 8.38. The third-order valence-corrected chi connectivity index (χ3v) is 2.22. The average molecular weight is 218 g/mol. The van der Waals surface area contributed by atoms with Crippen LogP contribution in [0.2, 0.25) is 0 Å². The highest BCUT2D eigenvalue weighted by Gasteiger charge is 2.06. The first kappa shape index (κ1) is 10.3. The molecule has 0 radical (unpaired) electrons. The van der Waals surface area contributed by atoms with Crippen molar-refractivity contribution in [2.45, 2.75) is 6.54 Å². The van der Waals surface area contributed by atoms with E-state index >= 15 is 0 Å². The van der Waals surface area contributed by atoms with Crippen LogP contribution >= 0.6 is 0 Å². The summed E-state index contributed by atoms with van der Waals surface area (Å²) in [6.07, 6.45) is 1.19. The van der Waals surface area contributed by atoms with Crippen molar-refractivity contribution in [1.29, 1.82) is 0 Å². The molecule has 16 heavy (non-hydrogen) atoms. The molecule has 0 saturated carbocycles. The van der Waals surface area contributed by atoms with Gasteiger partial charge < -0.3 is 0 Å². The maximum absolute atomic E-state index is 11.5. The Bertz CT molecular complexity index is 591. The minimum absolute atomic E-state index is 0.0166. The number of hydrazine groups is 1. The highest BCUT2D eigenvalue weighted by atomic mass is 16.2. The van der Waals surface area contributed by atoms with Crippen LogP contribution in [-0.4, -0.2) is 15.7 Å². The number of nitrogens with one attached hydrogen (secondary N) is 1. The molecule has 0 bridgehead atoms. The lowest BCUT2D eigenvalue weighted by Gasteiger charge is -2.07. The number of hydrogen-bond acceptors (Lipinski definition) is 4. The zero-order valence-corrected chi connectivity index (χ0v) is 8.38. The second kappa shape index (κ2) is 4.11. The molecule has 6 nitrogen and oxygen atoms in total. The normalized spacial score (nSPS) is 10.3. The summed E-state index contributed by atoms with van der Waals surface area (Å²) in [4.78, 5) is 22.6. The SMILES string of the molecule is NNC(=O)Cn1ncc(=O)c2ccccc21. The van der Waals surface area contributed by atoms with Crippen molar-refractivity contribution in [2.75, 3.05) is 0 Å². The topological polar surface area (TPSA) is 90.0 Å². The van der Waals surface area contributed by atoms with E-state index in [0.717, 1.165) is 0 Å². The Hall–Kier alpha value is -2.21. The number of para-hydroxylation sites is 1. The summed E-state index contributed by atoms with van der Waals surface area (Å²) in [7, 11) is 0. The molecule has 0 aliphatic heterocycles. The molecule has 0 spiro atoms. The number of rotatable bonds is 2. The van der Waals surface area contributed by atoms with Gasteiger partial charge in [-0.15, -0.1) is 0 Å². The lowest BCUT2D eigenvalue weighted by molar-refractivity contribution is -0.121. The van der Waals surface area contributed by atoms with Crippen molar-refractivity contribution in [3.8, 4) is 0 Å². The smallest absolute Gasteiger partial charge is 0.255 e. The maximum Gasteiger partial charge on any atom is 0.255 e.